The highest BCUT2D eigenvalue weighted by molar-refractivity contribution is 7.10. The van der Waals surface area contributed by atoms with E-state index in [0.717, 1.165) is 33.9 Å². The van der Waals surface area contributed by atoms with Crippen LogP contribution in [0, 0.1) is 83.1 Å². The lowest BCUT2D eigenvalue weighted by atomic mass is 10.2. The molecule has 0 aliphatic heterocycles. The molecule has 0 fully saturated rings. The van der Waals surface area contributed by atoms with Crippen LogP contribution in [0.3, 0.4) is 0 Å². The summed E-state index contributed by atoms with van der Waals surface area (Å²) in [5.74, 6) is 1.53. The Kier molecular flexibility index (Phi) is 32.1. The first-order chi connectivity index (χ1) is 40.2. The van der Waals surface area contributed by atoms with Gasteiger partial charge in [-0.25, -0.2) is 19.9 Å². The van der Waals surface area contributed by atoms with E-state index in [1.54, 1.807) is 71.6 Å². The number of para-hydroxylation sites is 1. The van der Waals surface area contributed by atoms with Crippen LogP contribution in [-0.2, 0) is 56.4 Å². The van der Waals surface area contributed by atoms with Crippen LogP contribution in [0.15, 0.2) is 140 Å². The number of nitrogens with zero attached hydrogens (tertiary/aromatic N) is 21. The summed E-state index contributed by atoms with van der Waals surface area (Å²) < 4.78 is 11.2. The molecule has 0 saturated carbocycles. The molecule has 0 atom stereocenters. The third kappa shape index (κ3) is 29.3. The molecule has 0 amide bonds. The lowest BCUT2D eigenvalue weighted by molar-refractivity contribution is 0.629. The maximum absolute atomic E-state index is 4.15. The summed E-state index contributed by atoms with van der Waals surface area (Å²) in [6, 6.07) is 12.7. The first-order valence-electron chi connectivity index (χ1n) is 27.4. The molecule has 1 N–H and O–H groups in total. The first kappa shape index (κ1) is 72.9. The minimum absolute atomic E-state index is 0. The van der Waals surface area contributed by atoms with Gasteiger partial charge in [0.1, 0.15) is 24.1 Å². The molecule has 23 heteroatoms. The predicted octanol–water partition coefficient (Wildman–Crippen LogP) is 12.0. The summed E-state index contributed by atoms with van der Waals surface area (Å²) in [6.45, 7) is 28.4. The summed E-state index contributed by atoms with van der Waals surface area (Å²) in [5.41, 5.74) is 16.0. The molecule has 86 heavy (non-hydrogen) atoms. The molecule has 0 saturated heterocycles. The van der Waals surface area contributed by atoms with Gasteiger partial charge in [-0.1, -0.05) is 54.1 Å². The molecular formula is C63H94N22S. The summed E-state index contributed by atoms with van der Waals surface area (Å²) in [4.78, 5) is 23.4. The number of hydrogen-bond acceptors (Lipinski definition) is 14. The molecule has 0 unspecified atom stereocenters. The van der Waals surface area contributed by atoms with Crippen LogP contribution in [0.4, 0.5) is 0 Å². The summed E-state index contributed by atoms with van der Waals surface area (Å²) in [5, 5.41) is 38.6. The summed E-state index contributed by atoms with van der Waals surface area (Å²) in [6.07, 6.45) is 28.0. The van der Waals surface area contributed by atoms with Crippen LogP contribution in [0.5, 0.6) is 0 Å². The van der Waals surface area contributed by atoms with Crippen molar-refractivity contribution in [3.05, 3.63) is 207 Å². The van der Waals surface area contributed by atoms with Gasteiger partial charge in [-0.05, 0) is 160 Å². The van der Waals surface area contributed by atoms with Gasteiger partial charge in [0.2, 0.25) is 0 Å². The Morgan fingerprint density at radius 1 is 0.512 bits per heavy atom. The normalized spacial score (nSPS) is 10.4. The van der Waals surface area contributed by atoms with Gasteiger partial charge >= 0.3 is 0 Å². The van der Waals surface area contributed by atoms with E-state index in [-0.39, 0.29) is 7.43 Å². The smallest absolute Gasteiger partial charge is 0.171 e. The molecule has 462 valence electrons. The molecule has 1 aliphatic rings. The van der Waals surface area contributed by atoms with E-state index in [1.165, 1.54) is 76.5 Å². The fourth-order valence-corrected chi connectivity index (χ4v) is 8.43. The molecular weight excluding hydrogens is 1100 g/mol. The molecule has 1 aromatic carbocycles. The highest BCUT2D eigenvalue weighted by Gasteiger charge is 2.02. The van der Waals surface area contributed by atoms with E-state index >= 15 is 0 Å². The van der Waals surface area contributed by atoms with Crippen molar-refractivity contribution in [3.8, 4) is 0 Å². The van der Waals surface area contributed by atoms with Gasteiger partial charge in [0.05, 0.1) is 42.9 Å². The van der Waals surface area contributed by atoms with Crippen molar-refractivity contribution in [1.82, 2.24) is 108 Å². The van der Waals surface area contributed by atoms with E-state index in [4.69, 9.17) is 0 Å². The average molecular weight is 1190 g/mol. The second kappa shape index (κ2) is 37.8. The molecule has 0 bridgehead atoms. The van der Waals surface area contributed by atoms with Crippen LogP contribution in [-0.4, -0.2) is 108 Å². The van der Waals surface area contributed by atoms with E-state index in [1.807, 2.05) is 123 Å². The van der Waals surface area contributed by atoms with Gasteiger partial charge in [-0.3, -0.25) is 14.0 Å². The number of tetrazole rings is 1. The molecule has 22 nitrogen and oxygen atoms in total. The number of thiophene rings is 1. The van der Waals surface area contributed by atoms with Crippen LogP contribution < -0.4 is 0 Å². The maximum Gasteiger partial charge on any atom is 0.171 e. The van der Waals surface area contributed by atoms with Crippen molar-refractivity contribution in [2.45, 2.75) is 111 Å². The fourth-order valence-electron chi connectivity index (χ4n) is 7.74. The fraction of sp³-hybridized carbons (Fsp3) is 0.381. The Bertz CT molecular complexity index is 3080. The van der Waals surface area contributed by atoms with Crippen molar-refractivity contribution in [2.75, 3.05) is 0 Å². The Morgan fingerprint density at radius 3 is 1.48 bits per heavy atom. The number of rotatable bonds is 0. The first-order valence-corrected chi connectivity index (χ1v) is 28.3. The van der Waals surface area contributed by atoms with Crippen LogP contribution in [0.25, 0.3) is 21.9 Å². The highest BCUT2D eigenvalue weighted by atomic mass is 32.1. The SMILES string of the molecule is C.CC1=CC=C(C)C1.Cc1c[nH]c(C)c1.Cc1cn(C)c2ccccc12.Cc1cn(C)c2ncncc12.Cc1cn(C)cn1.Cc1cn(C)nn1.Cc1cnn(C)c1.Cc1cnn(C)n1.Cc1csc(C)c1.Cc1ncn(C)n1.Cc1nnn(C)n1. The average Bonchev–Trinajstić information content (AvgIpc) is 3.74. The van der Waals surface area contributed by atoms with Crippen molar-refractivity contribution < 1.29 is 0 Å². The number of aromatic amines is 1. The van der Waals surface area contributed by atoms with E-state index in [2.05, 4.69) is 197 Å². The zero-order chi connectivity index (χ0) is 63.2. The number of fused-ring (bicyclic) bond motifs is 2. The van der Waals surface area contributed by atoms with E-state index in [9.17, 15) is 0 Å². The van der Waals surface area contributed by atoms with E-state index < -0.39 is 0 Å². The Labute approximate surface area is 513 Å². The van der Waals surface area contributed by atoms with Gasteiger partial charge < -0.3 is 18.7 Å². The van der Waals surface area contributed by atoms with Gasteiger partial charge in [0.15, 0.2) is 5.82 Å². The molecule has 13 rings (SSSR count). The Balaban J connectivity index is 0.000000324. The quantitative estimate of drug-likeness (QED) is 0.149. The second-order valence-corrected chi connectivity index (χ2v) is 21.7. The zero-order valence-electron chi connectivity index (χ0n) is 54.1. The maximum atomic E-state index is 4.15. The number of imidazole rings is 1. The Morgan fingerprint density at radius 2 is 1.19 bits per heavy atom. The molecule has 11 aromatic heterocycles. The van der Waals surface area contributed by atoms with Crippen molar-refractivity contribution >= 4 is 33.3 Å². The number of benzene rings is 1. The minimum Gasteiger partial charge on any atom is -0.365 e. The zero-order valence-corrected chi connectivity index (χ0v) is 54.9. The van der Waals surface area contributed by atoms with Gasteiger partial charge in [0.25, 0.3) is 0 Å². The summed E-state index contributed by atoms with van der Waals surface area (Å²) >= 11 is 1.80. The predicted molar refractivity (Wildman–Crippen MR) is 350 cm³/mol. The van der Waals surface area contributed by atoms with Gasteiger partial charge in [-0.15, -0.1) is 26.6 Å². The van der Waals surface area contributed by atoms with Crippen molar-refractivity contribution in [3.63, 3.8) is 0 Å². The van der Waals surface area contributed by atoms with Crippen LogP contribution in [0.1, 0.15) is 94.8 Å². The monoisotopic (exact) mass is 1190 g/mol. The molecule has 12 aromatic rings. The number of aromatic nitrogens is 22. The number of allylic oxidation sites excluding steroid dienone is 4. The lowest BCUT2D eigenvalue weighted by Gasteiger charge is -1.92. The molecule has 0 radical (unpaired) electrons. The summed E-state index contributed by atoms with van der Waals surface area (Å²) in [7, 11) is 15.2. The second-order valence-electron chi connectivity index (χ2n) is 20.6. The van der Waals surface area contributed by atoms with Crippen molar-refractivity contribution in [1.29, 1.82) is 0 Å². The standard InChI is InChI=1S/C10H11N.C8H9N3.C7H10.C6H9N.C6H8S.2C5H8N2.3C4H7N3.C3H6N4.CH4/c1-8-7-11(2)10-6-4-3-5-9(8)10;1-6-4-11(2)8-7(6)3-9-5-10-8;1-6-3-4-7(2)5-6;2*1-5-3-6(2)7-4-5;1-5-3-7(2)4-6-5;1-5-3-6-7(2)4-5;1-4-5-3-7(2)6-4;1-4-3-7(2)6-5-4;1-4-3-5-7(2)6-4;1-3-4-6-7(2)5-3;/h3-7H,1-2H3;3-5H,1-2H3;3-4H,5H2,1-2H3;3-4,7H,1-2H3;3*3-4H,1-2H3;3*3H,1-2H3;1-2H3;1H4. The third-order valence-corrected chi connectivity index (χ3v) is 12.4. The van der Waals surface area contributed by atoms with Crippen LogP contribution >= 0.6 is 11.3 Å². The molecule has 11 heterocycles. The minimum atomic E-state index is 0. The highest BCUT2D eigenvalue weighted by Crippen LogP contribution is 2.19. The Hall–Kier alpha value is -9.25. The number of aryl methyl sites for hydroxylation is 20. The number of nitrogens with one attached hydrogen (secondary N) is 1. The lowest BCUT2D eigenvalue weighted by Crippen LogP contribution is -1.91. The third-order valence-electron chi connectivity index (χ3n) is 11.4. The van der Waals surface area contributed by atoms with Gasteiger partial charge in [-0.2, -0.15) is 30.0 Å². The molecule has 0 spiro atoms. The molecule has 1 aliphatic carbocycles. The number of hydrogen-bond donors (Lipinski definition) is 1. The number of H-pyrrole nitrogens is 1. The van der Waals surface area contributed by atoms with Gasteiger partial charge in [0, 0.05) is 120 Å². The van der Waals surface area contributed by atoms with Crippen molar-refractivity contribution in [2.24, 2.45) is 56.4 Å². The largest absolute Gasteiger partial charge is 0.365 e. The van der Waals surface area contributed by atoms with E-state index in [0.29, 0.717) is 5.82 Å². The van der Waals surface area contributed by atoms with Crippen LogP contribution in [0.2, 0.25) is 0 Å². The topological polar surface area (TPSA) is 223 Å².